The van der Waals surface area contributed by atoms with Crippen molar-refractivity contribution in [2.45, 2.75) is 37.8 Å². The molecular weight excluding hydrogens is 234 g/mol. The van der Waals surface area contributed by atoms with Crippen molar-refractivity contribution in [1.82, 2.24) is 10.6 Å². The zero-order valence-corrected chi connectivity index (χ0v) is 10.8. The van der Waals surface area contributed by atoms with E-state index in [0.29, 0.717) is 12.5 Å². The number of thioether (sulfide) groups is 1. The van der Waals surface area contributed by atoms with Crippen LogP contribution < -0.4 is 10.6 Å². The predicted molar refractivity (Wildman–Crippen MR) is 68.6 cm³/mol. The number of carbonyl (C=O) groups excluding carboxylic acids is 1. The van der Waals surface area contributed by atoms with Gasteiger partial charge in [0.05, 0.1) is 12.0 Å². The third-order valence-electron chi connectivity index (χ3n) is 3.46. The highest BCUT2D eigenvalue weighted by molar-refractivity contribution is 7.99. The lowest BCUT2D eigenvalue weighted by Gasteiger charge is -2.24. The maximum atomic E-state index is 11.9. The van der Waals surface area contributed by atoms with E-state index in [4.69, 9.17) is 5.26 Å². The molecule has 2 N–H and O–H groups in total. The van der Waals surface area contributed by atoms with Crippen LogP contribution in [-0.2, 0) is 4.79 Å². The first kappa shape index (κ1) is 12.7. The number of amides is 1. The van der Waals surface area contributed by atoms with Gasteiger partial charge in [-0.1, -0.05) is 0 Å². The fraction of sp³-hybridized carbons (Fsp3) is 0.833. The lowest BCUT2D eigenvalue weighted by Crippen LogP contribution is -2.44. The topological polar surface area (TPSA) is 64.9 Å². The van der Waals surface area contributed by atoms with Crippen LogP contribution in [-0.4, -0.2) is 36.0 Å². The molecule has 0 aromatic heterocycles. The molecular formula is C12H19N3OS. The molecule has 0 bridgehead atoms. The van der Waals surface area contributed by atoms with Crippen LogP contribution in [0.5, 0.6) is 0 Å². The van der Waals surface area contributed by atoms with E-state index in [1.807, 2.05) is 11.8 Å². The number of nitriles is 1. The maximum Gasteiger partial charge on any atom is 0.221 e. The van der Waals surface area contributed by atoms with Crippen molar-refractivity contribution >= 4 is 17.7 Å². The molecule has 0 aromatic carbocycles. The van der Waals surface area contributed by atoms with Crippen LogP contribution >= 0.6 is 11.8 Å². The summed E-state index contributed by atoms with van der Waals surface area (Å²) in [5.74, 6) is 2.27. The van der Waals surface area contributed by atoms with E-state index in [-0.39, 0.29) is 17.9 Å². The van der Waals surface area contributed by atoms with Crippen molar-refractivity contribution in [3.63, 3.8) is 0 Å². The molecule has 1 aliphatic heterocycles. The molecule has 3 atom stereocenters. The summed E-state index contributed by atoms with van der Waals surface area (Å²) in [4.78, 5) is 11.9. The minimum Gasteiger partial charge on any atom is -0.352 e. The second-order valence-electron chi connectivity index (χ2n) is 4.77. The summed E-state index contributed by atoms with van der Waals surface area (Å²) in [6.07, 6.45) is 3.48. The molecule has 1 amide bonds. The van der Waals surface area contributed by atoms with Crippen molar-refractivity contribution in [2.75, 3.05) is 18.1 Å². The van der Waals surface area contributed by atoms with Gasteiger partial charge in [-0.25, -0.2) is 0 Å². The van der Waals surface area contributed by atoms with Crippen molar-refractivity contribution < 1.29 is 4.79 Å². The van der Waals surface area contributed by atoms with Gasteiger partial charge < -0.3 is 10.6 Å². The summed E-state index contributed by atoms with van der Waals surface area (Å²) in [6, 6.07) is 2.68. The first-order chi connectivity index (χ1) is 8.29. The monoisotopic (exact) mass is 253 g/mol. The maximum absolute atomic E-state index is 11.9. The molecule has 4 nitrogen and oxygen atoms in total. The molecule has 0 aromatic rings. The van der Waals surface area contributed by atoms with Crippen molar-refractivity contribution in [3.05, 3.63) is 0 Å². The Morgan fingerprint density at radius 2 is 2.41 bits per heavy atom. The number of nitrogens with zero attached hydrogens (tertiary/aromatic N) is 1. The third-order valence-corrected chi connectivity index (χ3v) is 4.59. The SMILES string of the molecule is N#CC1CCCC1NC(=O)CC1CSCCN1. The summed E-state index contributed by atoms with van der Waals surface area (Å²) in [7, 11) is 0. The van der Waals surface area contributed by atoms with E-state index in [1.54, 1.807) is 0 Å². The van der Waals surface area contributed by atoms with Gasteiger partial charge in [0.1, 0.15) is 0 Å². The van der Waals surface area contributed by atoms with Crippen molar-refractivity contribution in [1.29, 1.82) is 5.26 Å². The number of hydrogen-bond donors (Lipinski definition) is 2. The van der Waals surface area contributed by atoms with E-state index in [0.717, 1.165) is 37.3 Å². The molecule has 94 valence electrons. The largest absolute Gasteiger partial charge is 0.352 e. The normalized spacial score (nSPS) is 33.0. The van der Waals surface area contributed by atoms with Gasteiger partial charge in [-0.05, 0) is 19.3 Å². The third kappa shape index (κ3) is 3.62. The molecule has 2 rings (SSSR count). The molecule has 0 radical (unpaired) electrons. The molecule has 2 aliphatic rings. The molecule has 1 aliphatic carbocycles. The fourth-order valence-corrected chi connectivity index (χ4v) is 3.48. The second kappa shape index (κ2) is 6.27. The van der Waals surface area contributed by atoms with Gasteiger partial charge >= 0.3 is 0 Å². The van der Waals surface area contributed by atoms with Crippen molar-refractivity contribution in [3.8, 4) is 6.07 Å². The van der Waals surface area contributed by atoms with Crippen LogP contribution in [0, 0.1) is 17.2 Å². The molecule has 1 heterocycles. The van der Waals surface area contributed by atoms with Gasteiger partial charge in [-0.2, -0.15) is 17.0 Å². The average Bonchev–Trinajstić information content (AvgIpc) is 2.77. The standard InChI is InChI=1S/C12H19N3OS/c13-7-9-2-1-3-11(9)15-12(16)6-10-8-17-5-4-14-10/h9-11,14H,1-6,8H2,(H,15,16). The van der Waals surface area contributed by atoms with Crippen molar-refractivity contribution in [2.24, 2.45) is 5.92 Å². The number of rotatable bonds is 3. The Morgan fingerprint density at radius 3 is 3.12 bits per heavy atom. The van der Waals surface area contributed by atoms with Gasteiger partial charge in [0.2, 0.25) is 5.91 Å². The Kier molecular flexibility index (Phi) is 4.69. The van der Waals surface area contributed by atoms with Gasteiger partial charge in [-0.3, -0.25) is 4.79 Å². The van der Waals surface area contributed by atoms with Gasteiger partial charge in [0, 0.05) is 36.6 Å². The first-order valence-electron chi connectivity index (χ1n) is 6.29. The second-order valence-corrected chi connectivity index (χ2v) is 5.92. The van der Waals surface area contributed by atoms with E-state index in [1.165, 1.54) is 0 Å². The van der Waals surface area contributed by atoms with Gasteiger partial charge in [-0.15, -0.1) is 0 Å². The fourth-order valence-electron chi connectivity index (χ4n) is 2.53. The Morgan fingerprint density at radius 1 is 1.53 bits per heavy atom. The number of hydrogen-bond acceptors (Lipinski definition) is 4. The summed E-state index contributed by atoms with van der Waals surface area (Å²) < 4.78 is 0. The summed E-state index contributed by atoms with van der Waals surface area (Å²) >= 11 is 1.90. The molecule has 17 heavy (non-hydrogen) atoms. The van der Waals surface area contributed by atoms with Gasteiger partial charge in [0.15, 0.2) is 0 Å². The lowest BCUT2D eigenvalue weighted by molar-refractivity contribution is -0.122. The van der Waals surface area contributed by atoms with Gasteiger partial charge in [0.25, 0.3) is 0 Å². The predicted octanol–water partition coefficient (Wildman–Crippen LogP) is 0.890. The molecule has 1 saturated heterocycles. The minimum absolute atomic E-state index is 0.0210. The van der Waals surface area contributed by atoms with Crippen LogP contribution in [0.3, 0.4) is 0 Å². The summed E-state index contributed by atoms with van der Waals surface area (Å²) in [6.45, 7) is 0.993. The summed E-state index contributed by atoms with van der Waals surface area (Å²) in [5, 5.41) is 15.3. The molecule has 3 unspecified atom stereocenters. The van der Waals surface area contributed by atoms with Crippen LogP contribution in [0.15, 0.2) is 0 Å². The quantitative estimate of drug-likeness (QED) is 0.784. The Bertz CT molecular complexity index is 309. The smallest absolute Gasteiger partial charge is 0.221 e. The highest BCUT2D eigenvalue weighted by Gasteiger charge is 2.29. The number of carbonyl (C=O) groups is 1. The first-order valence-corrected chi connectivity index (χ1v) is 7.45. The molecule has 1 saturated carbocycles. The van der Waals surface area contributed by atoms with E-state index in [9.17, 15) is 4.79 Å². The Balaban J connectivity index is 1.75. The lowest BCUT2D eigenvalue weighted by atomic mass is 10.1. The Hall–Kier alpha value is -0.730. The molecule has 0 spiro atoms. The van der Waals surface area contributed by atoms with Crippen LogP contribution in [0.1, 0.15) is 25.7 Å². The van der Waals surface area contributed by atoms with E-state index in [2.05, 4.69) is 16.7 Å². The van der Waals surface area contributed by atoms with Crippen LogP contribution in [0.25, 0.3) is 0 Å². The average molecular weight is 253 g/mol. The highest BCUT2D eigenvalue weighted by Crippen LogP contribution is 2.25. The van der Waals surface area contributed by atoms with Crippen LogP contribution in [0.4, 0.5) is 0 Å². The Labute approximate surface area is 107 Å². The van der Waals surface area contributed by atoms with E-state index >= 15 is 0 Å². The molecule has 2 fully saturated rings. The van der Waals surface area contributed by atoms with E-state index < -0.39 is 0 Å². The zero-order chi connectivity index (χ0) is 12.1. The number of nitrogens with one attached hydrogen (secondary N) is 2. The molecule has 5 heteroatoms. The summed E-state index contributed by atoms with van der Waals surface area (Å²) in [5.41, 5.74) is 0. The highest BCUT2D eigenvalue weighted by atomic mass is 32.2. The van der Waals surface area contributed by atoms with Crippen LogP contribution in [0.2, 0.25) is 0 Å². The minimum atomic E-state index is 0.0210. The zero-order valence-electron chi connectivity index (χ0n) is 9.95.